The van der Waals surface area contributed by atoms with Gasteiger partial charge in [-0.2, -0.15) is 0 Å². The summed E-state index contributed by atoms with van der Waals surface area (Å²) in [5.41, 5.74) is 2.83. The fourth-order valence-corrected chi connectivity index (χ4v) is 3.30. The molecule has 0 aliphatic carbocycles. The molecular weight excluding hydrogens is 340 g/mol. The predicted octanol–water partition coefficient (Wildman–Crippen LogP) is 2.92. The summed E-state index contributed by atoms with van der Waals surface area (Å²) < 4.78 is 5.21. The number of ether oxygens (including phenoxy) is 1. The number of aryl methyl sites for hydroxylation is 1. The van der Waals surface area contributed by atoms with Gasteiger partial charge >= 0.3 is 0 Å². The maximum absolute atomic E-state index is 12.8. The molecule has 5 nitrogen and oxygen atoms in total. The summed E-state index contributed by atoms with van der Waals surface area (Å²) in [7, 11) is 1.59. The lowest BCUT2D eigenvalue weighted by molar-refractivity contribution is -0.130. The first-order valence-corrected chi connectivity index (χ1v) is 9.33. The Labute approximate surface area is 160 Å². The molecule has 0 spiro atoms. The van der Waals surface area contributed by atoms with Gasteiger partial charge in [0.1, 0.15) is 5.75 Å². The first-order valence-electron chi connectivity index (χ1n) is 9.33. The van der Waals surface area contributed by atoms with Crippen molar-refractivity contribution in [1.29, 1.82) is 0 Å². The van der Waals surface area contributed by atoms with Gasteiger partial charge in [0.25, 0.3) is 5.91 Å². The molecule has 2 aromatic rings. The maximum atomic E-state index is 12.8. The molecule has 1 fully saturated rings. The third-order valence-electron chi connectivity index (χ3n) is 4.93. The monoisotopic (exact) mass is 366 g/mol. The highest BCUT2D eigenvalue weighted by Crippen LogP contribution is 2.16. The van der Waals surface area contributed by atoms with Crippen LogP contribution in [0, 0.1) is 6.92 Å². The summed E-state index contributed by atoms with van der Waals surface area (Å²) in [6, 6.07) is 15.3. The molecule has 5 heteroatoms. The molecule has 0 bridgehead atoms. The summed E-state index contributed by atoms with van der Waals surface area (Å²) >= 11 is 0. The van der Waals surface area contributed by atoms with Crippen molar-refractivity contribution in [3.05, 3.63) is 65.2 Å². The highest BCUT2D eigenvalue weighted by molar-refractivity contribution is 5.94. The fourth-order valence-electron chi connectivity index (χ4n) is 3.30. The van der Waals surface area contributed by atoms with Crippen LogP contribution in [-0.4, -0.2) is 54.9 Å². The van der Waals surface area contributed by atoms with Gasteiger partial charge in [-0.1, -0.05) is 35.9 Å². The lowest BCUT2D eigenvalue weighted by atomic mass is 10.1. The topological polar surface area (TPSA) is 49.9 Å². The second-order valence-corrected chi connectivity index (χ2v) is 6.92. The van der Waals surface area contributed by atoms with Crippen LogP contribution in [0.15, 0.2) is 48.5 Å². The average molecular weight is 366 g/mol. The zero-order valence-corrected chi connectivity index (χ0v) is 16.0. The molecule has 0 unspecified atom stereocenters. The van der Waals surface area contributed by atoms with Gasteiger partial charge in [-0.15, -0.1) is 0 Å². The highest BCUT2D eigenvalue weighted by Gasteiger charge is 2.23. The van der Waals surface area contributed by atoms with Crippen molar-refractivity contribution in [2.24, 2.45) is 0 Å². The van der Waals surface area contributed by atoms with Crippen LogP contribution in [0.4, 0.5) is 0 Å². The molecule has 0 N–H and O–H groups in total. The van der Waals surface area contributed by atoms with Gasteiger partial charge in [0.05, 0.1) is 13.5 Å². The van der Waals surface area contributed by atoms with Crippen molar-refractivity contribution in [3.63, 3.8) is 0 Å². The van der Waals surface area contributed by atoms with Gasteiger partial charge < -0.3 is 14.5 Å². The molecule has 0 aromatic heterocycles. The van der Waals surface area contributed by atoms with Crippen molar-refractivity contribution in [2.75, 3.05) is 33.3 Å². The fraction of sp³-hybridized carbons (Fsp3) is 0.364. The van der Waals surface area contributed by atoms with Gasteiger partial charge in [-0.3, -0.25) is 9.59 Å². The highest BCUT2D eigenvalue weighted by atomic mass is 16.5. The Kier molecular flexibility index (Phi) is 6.12. The van der Waals surface area contributed by atoms with E-state index >= 15 is 0 Å². The molecule has 142 valence electrons. The predicted molar refractivity (Wildman–Crippen MR) is 105 cm³/mol. The van der Waals surface area contributed by atoms with E-state index in [9.17, 15) is 9.59 Å². The molecule has 0 saturated carbocycles. The summed E-state index contributed by atoms with van der Waals surface area (Å²) in [6.07, 6.45) is 1.19. The smallest absolute Gasteiger partial charge is 0.254 e. The number of methoxy groups -OCH3 is 1. The molecule has 2 aromatic carbocycles. The molecule has 27 heavy (non-hydrogen) atoms. The molecule has 1 heterocycles. The number of nitrogens with zero attached hydrogens (tertiary/aromatic N) is 2. The quantitative estimate of drug-likeness (QED) is 0.836. The summed E-state index contributed by atoms with van der Waals surface area (Å²) in [4.78, 5) is 29.1. The summed E-state index contributed by atoms with van der Waals surface area (Å²) in [5, 5.41) is 0. The van der Waals surface area contributed by atoms with Gasteiger partial charge in [0.15, 0.2) is 0 Å². The Morgan fingerprint density at radius 1 is 0.963 bits per heavy atom. The zero-order valence-electron chi connectivity index (χ0n) is 16.0. The largest absolute Gasteiger partial charge is 0.497 e. The Balaban J connectivity index is 1.60. The second-order valence-electron chi connectivity index (χ2n) is 6.92. The van der Waals surface area contributed by atoms with E-state index < -0.39 is 0 Å². The Bertz CT molecular complexity index is 801. The standard InChI is InChI=1S/C22H26N2O3/c1-17-7-9-18(10-8-17)15-21(25)23-11-4-12-24(14-13-23)22(26)19-5-3-6-20(16-19)27-2/h3,5-10,16H,4,11-15H2,1-2H3. The van der Waals surface area contributed by atoms with Crippen molar-refractivity contribution in [2.45, 2.75) is 19.8 Å². The lowest BCUT2D eigenvalue weighted by Gasteiger charge is -2.22. The van der Waals surface area contributed by atoms with Gasteiger partial charge in [0, 0.05) is 31.7 Å². The SMILES string of the molecule is COc1cccc(C(=O)N2CCCN(C(=O)Cc3ccc(C)cc3)CC2)c1. The number of rotatable bonds is 4. The molecule has 0 atom stereocenters. The van der Waals surface area contributed by atoms with Crippen molar-refractivity contribution in [3.8, 4) is 5.75 Å². The van der Waals surface area contributed by atoms with Crippen LogP contribution in [0.5, 0.6) is 5.75 Å². The number of carbonyl (C=O) groups excluding carboxylic acids is 2. The van der Waals surface area contributed by atoms with E-state index in [2.05, 4.69) is 0 Å². The van der Waals surface area contributed by atoms with Crippen LogP contribution in [0.3, 0.4) is 0 Å². The van der Waals surface area contributed by atoms with Gasteiger partial charge in [-0.05, 0) is 37.1 Å². The Morgan fingerprint density at radius 2 is 1.67 bits per heavy atom. The zero-order chi connectivity index (χ0) is 19.2. The molecule has 0 radical (unpaired) electrons. The summed E-state index contributed by atoms with van der Waals surface area (Å²) in [6.45, 7) is 4.50. The van der Waals surface area contributed by atoms with Crippen LogP contribution in [0.2, 0.25) is 0 Å². The third kappa shape index (κ3) is 4.88. The third-order valence-corrected chi connectivity index (χ3v) is 4.93. The first kappa shape index (κ1) is 19.0. The van der Waals surface area contributed by atoms with Crippen LogP contribution < -0.4 is 4.74 Å². The minimum absolute atomic E-state index is 0.0123. The Morgan fingerprint density at radius 3 is 2.41 bits per heavy atom. The Hall–Kier alpha value is -2.82. The number of benzene rings is 2. The number of hydrogen-bond donors (Lipinski definition) is 0. The second kappa shape index (κ2) is 8.71. The number of carbonyl (C=O) groups is 2. The van der Waals surface area contributed by atoms with Gasteiger partial charge in [-0.25, -0.2) is 0 Å². The normalized spacial score (nSPS) is 14.6. The lowest BCUT2D eigenvalue weighted by Crippen LogP contribution is -2.38. The minimum Gasteiger partial charge on any atom is -0.497 e. The van der Waals surface area contributed by atoms with E-state index in [-0.39, 0.29) is 11.8 Å². The first-order chi connectivity index (χ1) is 13.1. The van der Waals surface area contributed by atoms with Crippen LogP contribution in [0.25, 0.3) is 0 Å². The van der Waals surface area contributed by atoms with Crippen LogP contribution >= 0.6 is 0 Å². The van der Waals surface area contributed by atoms with Crippen molar-refractivity contribution >= 4 is 11.8 Å². The van der Waals surface area contributed by atoms with E-state index in [4.69, 9.17) is 4.74 Å². The molecule has 3 rings (SSSR count). The molecule has 1 aliphatic rings. The van der Waals surface area contributed by atoms with Crippen LogP contribution in [0.1, 0.15) is 27.9 Å². The maximum Gasteiger partial charge on any atom is 0.254 e. The van der Waals surface area contributed by atoms with E-state index in [0.717, 1.165) is 12.0 Å². The van der Waals surface area contributed by atoms with E-state index in [1.165, 1.54) is 5.56 Å². The minimum atomic E-state index is -0.0123. The molecule has 1 saturated heterocycles. The number of hydrogen-bond acceptors (Lipinski definition) is 3. The average Bonchev–Trinajstić information content (AvgIpc) is 2.95. The number of amides is 2. The molecular formula is C22H26N2O3. The van der Waals surface area contributed by atoms with E-state index in [1.54, 1.807) is 19.2 Å². The van der Waals surface area contributed by atoms with Crippen LogP contribution in [-0.2, 0) is 11.2 Å². The molecule has 2 amide bonds. The van der Waals surface area contributed by atoms with Gasteiger partial charge in [0.2, 0.25) is 5.91 Å². The molecule has 1 aliphatic heterocycles. The summed E-state index contributed by atoms with van der Waals surface area (Å²) in [5.74, 6) is 0.779. The van der Waals surface area contributed by atoms with E-state index in [0.29, 0.717) is 43.9 Å². The van der Waals surface area contributed by atoms with Crippen molar-refractivity contribution < 1.29 is 14.3 Å². The van der Waals surface area contributed by atoms with Crippen molar-refractivity contribution in [1.82, 2.24) is 9.80 Å². The van der Waals surface area contributed by atoms with E-state index in [1.807, 2.05) is 53.1 Å².